The number of halogens is 1. The fourth-order valence-corrected chi connectivity index (χ4v) is 1.61. The Labute approximate surface area is 94.0 Å². The molecule has 1 atom stereocenters. The summed E-state index contributed by atoms with van der Waals surface area (Å²) in [6.45, 7) is 5.76. The summed E-state index contributed by atoms with van der Waals surface area (Å²) in [7, 11) is 0. The van der Waals surface area contributed by atoms with E-state index in [1.807, 2.05) is 0 Å². The van der Waals surface area contributed by atoms with Crippen LogP contribution < -0.4 is 11.1 Å². The van der Waals surface area contributed by atoms with Gasteiger partial charge in [-0.2, -0.15) is 0 Å². The molecule has 3 heteroatoms. The molecular weight excluding hydrogens is 240 g/mol. The lowest BCUT2D eigenvalue weighted by atomic mass is 10.1. The standard InChI is InChI=1S/C11H17BrN2/c1-8-3-4-11(12)5-10(8)7-14-9(2)6-13/h3-5,9,14H,6-7,13H2,1-2H3/t9-/m0/s1. The molecule has 0 radical (unpaired) electrons. The van der Waals surface area contributed by atoms with Gasteiger partial charge in [-0.3, -0.25) is 0 Å². The van der Waals surface area contributed by atoms with E-state index in [0.29, 0.717) is 12.6 Å². The van der Waals surface area contributed by atoms with Crippen molar-refractivity contribution in [1.82, 2.24) is 5.32 Å². The molecule has 0 amide bonds. The van der Waals surface area contributed by atoms with E-state index in [1.54, 1.807) is 0 Å². The first kappa shape index (κ1) is 11.7. The number of nitrogens with one attached hydrogen (secondary N) is 1. The molecule has 0 aliphatic rings. The second-order valence-electron chi connectivity index (χ2n) is 3.59. The highest BCUT2D eigenvalue weighted by molar-refractivity contribution is 9.10. The van der Waals surface area contributed by atoms with Gasteiger partial charge in [0.25, 0.3) is 0 Å². The number of rotatable bonds is 4. The average molecular weight is 257 g/mol. The normalized spacial score (nSPS) is 12.9. The van der Waals surface area contributed by atoms with E-state index in [4.69, 9.17) is 5.73 Å². The van der Waals surface area contributed by atoms with Gasteiger partial charge < -0.3 is 11.1 Å². The van der Waals surface area contributed by atoms with Crippen LogP contribution in [-0.4, -0.2) is 12.6 Å². The van der Waals surface area contributed by atoms with Gasteiger partial charge in [-0.05, 0) is 37.1 Å². The second-order valence-corrected chi connectivity index (χ2v) is 4.50. The van der Waals surface area contributed by atoms with E-state index >= 15 is 0 Å². The molecule has 78 valence electrons. The first-order valence-corrected chi connectivity index (χ1v) is 5.61. The van der Waals surface area contributed by atoms with Crippen molar-refractivity contribution < 1.29 is 0 Å². The molecule has 0 aliphatic carbocycles. The maximum atomic E-state index is 5.53. The topological polar surface area (TPSA) is 38.0 Å². The molecule has 0 saturated heterocycles. The van der Waals surface area contributed by atoms with Crippen LogP contribution in [0.4, 0.5) is 0 Å². The number of hydrogen-bond donors (Lipinski definition) is 2. The molecule has 0 fully saturated rings. The molecule has 0 heterocycles. The van der Waals surface area contributed by atoms with Crippen LogP contribution in [0.2, 0.25) is 0 Å². The minimum absolute atomic E-state index is 0.369. The summed E-state index contributed by atoms with van der Waals surface area (Å²) in [5, 5.41) is 3.37. The summed E-state index contributed by atoms with van der Waals surface area (Å²) in [6.07, 6.45) is 0. The number of nitrogens with two attached hydrogens (primary N) is 1. The van der Waals surface area contributed by atoms with Crippen LogP contribution in [0.5, 0.6) is 0 Å². The maximum absolute atomic E-state index is 5.53. The molecular formula is C11H17BrN2. The molecule has 1 rings (SSSR count). The van der Waals surface area contributed by atoms with Crippen LogP contribution in [0.1, 0.15) is 18.1 Å². The Morgan fingerprint density at radius 1 is 1.50 bits per heavy atom. The van der Waals surface area contributed by atoms with Crippen LogP contribution in [0, 0.1) is 6.92 Å². The Hall–Kier alpha value is -0.380. The molecule has 0 unspecified atom stereocenters. The summed E-state index contributed by atoms with van der Waals surface area (Å²) in [6, 6.07) is 6.69. The third kappa shape index (κ3) is 3.40. The van der Waals surface area contributed by atoms with Gasteiger partial charge in [0.15, 0.2) is 0 Å². The summed E-state index contributed by atoms with van der Waals surface area (Å²) in [5.74, 6) is 0. The quantitative estimate of drug-likeness (QED) is 0.867. The molecule has 0 bridgehead atoms. The number of aryl methyl sites for hydroxylation is 1. The predicted molar refractivity (Wildman–Crippen MR) is 64.2 cm³/mol. The van der Waals surface area contributed by atoms with Gasteiger partial charge in [0.2, 0.25) is 0 Å². The molecule has 0 aromatic heterocycles. The molecule has 0 aliphatic heterocycles. The van der Waals surface area contributed by atoms with Gasteiger partial charge in [-0.1, -0.05) is 22.0 Å². The van der Waals surface area contributed by atoms with Gasteiger partial charge >= 0.3 is 0 Å². The van der Waals surface area contributed by atoms with Crippen molar-refractivity contribution in [2.45, 2.75) is 26.4 Å². The summed E-state index contributed by atoms with van der Waals surface area (Å²) >= 11 is 3.47. The highest BCUT2D eigenvalue weighted by Crippen LogP contribution is 2.15. The van der Waals surface area contributed by atoms with E-state index in [2.05, 4.69) is 53.3 Å². The van der Waals surface area contributed by atoms with Crippen molar-refractivity contribution in [3.8, 4) is 0 Å². The van der Waals surface area contributed by atoms with Crippen molar-refractivity contribution in [2.24, 2.45) is 5.73 Å². The fraction of sp³-hybridized carbons (Fsp3) is 0.455. The van der Waals surface area contributed by atoms with Crippen LogP contribution in [0.25, 0.3) is 0 Å². The minimum Gasteiger partial charge on any atom is -0.329 e. The van der Waals surface area contributed by atoms with E-state index < -0.39 is 0 Å². The monoisotopic (exact) mass is 256 g/mol. The Morgan fingerprint density at radius 2 is 2.21 bits per heavy atom. The van der Waals surface area contributed by atoms with Gasteiger partial charge in [0, 0.05) is 23.6 Å². The zero-order valence-corrected chi connectivity index (χ0v) is 10.3. The van der Waals surface area contributed by atoms with E-state index in [-0.39, 0.29) is 0 Å². The van der Waals surface area contributed by atoms with Crippen molar-refractivity contribution in [2.75, 3.05) is 6.54 Å². The van der Waals surface area contributed by atoms with Crippen LogP contribution in [-0.2, 0) is 6.54 Å². The summed E-state index contributed by atoms with van der Waals surface area (Å²) in [5.41, 5.74) is 8.16. The third-order valence-electron chi connectivity index (χ3n) is 2.31. The van der Waals surface area contributed by atoms with Crippen molar-refractivity contribution in [3.05, 3.63) is 33.8 Å². The third-order valence-corrected chi connectivity index (χ3v) is 2.80. The SMILES string of the molecule is Cc1ccc(Br)cc1CN[C@@H](C)CN. The lowest BCUT2D eigenvalue weighted by Crippen LogP contribution is -2.32. The zero-order valence-electron chi connectivity index (χ0n) is 8.68. The number of hydrogen-bond acceptors (Lipinski definition) is 2. The van der Waals surface area contributed by atoms with Gasteiger partial charge in [0.1, 0.15) is 0 Å². The van der Waals surface area contributed by atoms with Crippen LogP contribution in [0.3, 0.4) is 0 Å². The van der Waals surface area contributed by atoms with Gasteiger partial charge in [-0.25, -0.2) is 0 Å². The highest BCUT2D eigenvalue weighted by Gasteiger charge is 2.01. The van der Waals surface area contributed by atoms with Crippen molar-refractivity contribution in [1.29, 1.82) is 0 Å². The smallest absolute Gasteiger partial charge is 0.0211 e. The van der Waals surface area contributed by atoms with Crippen LogP contribution >= 0.6 is 15.9 Å². The lowest BCUT2D eigenvalue weighted by molar-refractivity contribution is 0.555. The molecule has 0 saturated carbocycles. The first-order valence-electron chi connectivity index (χ1n) is 4.82. The van der Waals surface area contributed by atoms with E-state index in [1.165, 1.54) is 11.1 Å². The molecule has 0 spiro atoms. The Balaban J connectivity index is 2.62. The fourth-order valence-electron chi connectivity index (χ4n) is 1.20. The predicted octanol–water partition coefficient (Wildman–Crippen LogP) is 2.19. The van der Waals surface area contributed by atoms with Gasteiger partial charge in [-0.15, -0.1) is 0 Å². The lowest BCUT2D eigenvalue weighted by Gasteiger charge is -2.12. The Morgan fingerprint density at radius 3 is 2.86 bits per heavy atom. The maximum Gasteiger partial charge on any atom is 0.0211 e. The molecule has 1 aromatic rings. The number of benzene rings is 1. The first-order chi connectivity index (χ1) is 6.63. The second kappa shape index (κ2) is 5.49. The van der Waals surface area contributed by atoms with Gasteiger partial charge in [0.05, 0.1) is 0 Å². The molecule has 3 N–H and O–H groups in total. The molecule has 14 heavy (non-hydrogen) atoms. The van der Waals surface area contributed by atoms with E-state index in [0.717, 1.165) is 11.0 Å². The van der Waals surface area contributed by atoms with Crippen molar-refractivity contribution in [3.63, 3.8) is 0 Å². The van der Waals surface area contributed by atoms with Crippen LogP contribution in [0.15, 0.2) is 22.7 Å². The summed E-state index contributed by atoms with van der Waals surface area (Å²) in [4.78, 5) is 0. The Kier molecular flexibility index (Phi) is 4.58. The Bertz CT molecular complexity index is 299. The minimum atomic E-state index is 0.369. The molecule has 2 nitrogen and oxygen atoms in total. The largest absolute Gasteiger partial charge is 0.329 e. The zero-order chi connectivity index (χ0) is 10.6. The highest BCUT2D eigenvalue weighted by atomic mass is 79.9. The van der Waals surface area contributed by atoms with E-state index in [9.17, 15) is 0 Å². The summed E-state index contributed by atoms with van der Waals surface area (Å²) < 4.78 is 1.13. The van der Waals surface area contributed by atoms with Crippen molar-refractivity contribution >= 4 is 15.9 Å². The molecule has 1 aromatic carbocycles. The average Bonchev–Trinajstić information content (AvgIpc) is 2.19.